The number of benzene rings is 1. The number of hydrogen-bond acceptors (Lipinski definition) is 4. The van der Waals surface area contributed by atoms with E-state index < -0.39 is 0 Å². The Bertz CT molecular complexity index is 687. The highest BCUT2D eigenvalue weighted by atomic mass is 16.4. The highest BCUT2D eigenvalue weighted by Gasteiger charge is 2.09. The Labute approximate surface area is 123 Å². The zero-order valence-electron chi connectivity index (χ0n) is 12.0. The Balaban J connectivity index is 1.74. The van der Waals surface area contributed by atoms with E-state index in [1.165, 1.54) is 0 Å². The van der Waals surface area contributed by atoms with E-state index in [9.17, 15) is 0 Å². The van der Waals surface area contributed by atoms with E-state index >= 15 is 0 Å². The molecule has 0 radical (unpaired) electrons. The van der Waals surface area contributed by atoms with Crippen LogP contribution in [-0.4, -0.2) is 21.3 Å². The molecule has 3 rings (SSSR count). The van der Waals surface area contributed by atoms with Crippen molar-refractivity contribution in [2.45, 2.75) is 19.9 Å². The van der Waals surface area contributed by atoms with Crippen LogP contribution in [0.25, 0.3) is 17.0 Å². The molecule has 0 atom stereocenters. The third-order valence-corrected chi connectivity index (χ3v) is 3.14. The molecule has 1 aromatic carbocycles. The number of aromatic nitrogens is 3. The number of nitrogens with zero attached hydrogens (tertiary/aromatic N) is 3. The van der Waals surface area contributed by atoms with Crippen LogP contribution in [-0.2, 0) is 6.54 Å². The van der Waals surface area contributed by atoms with Crippen LogP contribution in [0.15, 0.2) is 53.3 Å². The second-order valence-electron chi connectivity index (χ2n) is 4.80. The summed E-state index contributed by atoms with van der Waals surface area (Å²) >= 11 is 0. The number of hydrogen-bond donors (Lipinski definition) is 1. The highest BCUT2D eigenvalue weighted by Crippen LogP contribution is 2.21. The summed E-state index contributed by atoms with van der Waals surface area (Å²) in [5, 5.41) is 7.63. The van der Waals surface area contributed by atoms with Gasteiger partial charge < -0.3 is 9.73 Å². The lowest BCUT2D eigenvalue weighted by atomic mass is 10.3. The first-order chi connectivity index (χ1) is 10.4. The molecule has 0 bridgehead atoms. The minimum atomic E-state index is 0.653. The van der Waals surface area contributed by atoms with E-state index in [0.29, 0.717) is 12.4 Å². The summed E-state index contributed by atoms with van der Waals surface area (Å²) in [7, 11) is 0. The van der Waals surface area contributed by atoms with Crippen molar-refractivity contribution in [3.63, 3.8) is 0 Å². The third kappa shape index (κ3) is 3.20. The van der Waals surface area contributed by atoms with Crippen LogP contribution < -0.4 is 5.32 Å². The molecule has 0 saturated heterocycles. The molecule has 0 unspecified atom stereocenters. The van der Waals surface area contributed by atoms with Gasteiger partial charge in [-0.15, -0.1) is 0 Å². The predicted octanol–water partition coefficient (Wildman–Crippen LogP) is 3.03. The van der Waals surface area contributed by atoms with Crippen LogP contribution in [0.5, 0.6) is 0 Å². The highest BCUT2D eigenvalue weighted by molar-refractivity contribution is 5.54. The average molecular weight is 282 g/mol. The fourth-order valence-electron chi connectivity index (χ4n) is 2.07. The molecule has 0 fully saturated rings. The molecule has 2 heterocycles. The van der Waals surface area contributed by atoms with E-state index in [-0.39, 0.29) is 0 Å². The SMILES string of the molecule is CCCNCc1ncc(-c2cnn(-c3ccccc3)c2)o1. The van der Waals surface area contributed by atoms with Crippen LogP contribution in [0.2, 0.25) is 0 Å². The molecule has 0 aliphatic carbocycles. The number of rotatable bonds is 6. The van der Waals surface area contributed by atoms with Crippen molar-refractivity contribution in [3.05, 3.63) is 54.8 Å². The van der Waals surface area contributed by atoms with Crippen LogP contribution in [0.3, 0.4) is 0 Å². The van der Waals surface area contributed by atoms with Crippen molar-refractivity contribution in [3.8, 4) is 17.0 Å². The molecule has 0 aliphatic heterocycles. The maximum atomic E-state index is 5.74. The first-order valence-corrected chi connectivity index (χ1v) is 7.12. The number of oxazole rings is 1. The van der Waals surface area contributed by atoms with Gasteiger partial charge in [-0.1, -0.05) is 25.1 Å². The second-order valence-corrected chi connectivity index (χ2v) is 4.80. The summed E-state index contributed by atoms with van der Waals surface area (Å²) in [6, 6.07) is 9.99. The molecule has 2 aromatic heterocycles. The minimum Gasteiger partial charge on any atom is -0.439 e. The van der Waals surface area contributed by atoms with Gasteiger partial charge in [-0.2, -0.15) is 5.10 Å². The number of nitrogens with one attached hydrogen (secondary N) is 1. The maximum absolute atomic E-state index is 5.74. The van der Waals surface area contributed by atoms with Crippen molar-refractivity contribution in [1.82, 2.24) is 20.1 Å². The molecule has 108 valence electrons. The summed E-state index contributed by atoms with van der Waals surface area (Å²) in [5.74, 6) is 1.44. The molecule has 0 aliphatic rings. The Morgan fingerprint density at radius 2 is 2.05 bits per heavy atom. The number of para-hydroxylation sites is 1. The molecule has 21 heavy (non-hydrogen) atoms. The molecule has 0 amide bonds. The summed E-state index contributed by atoms with van der Waals surface area (Å²) in [5.41, 5.74) is 1.95. The van der Waals surface area contributed by atoms with Crippen molar-refractivity contribution < 1.29 is 4.42 Å². The van der Waals surface area contributed by atoms with E-state index in [1.807, 2.05) is 41.2 Å². The van der Waals surface area contributed by atoms with Crippen LogP contribution in [0.1, 0.15) is 19.2 Å². The van der Waals surface area contributed by atoms with Gasteiger partial charge in [-0.3, -0.25) is 0 Å². The summed E-state index contributed by atoms with van der Waals surface area (Å²) < 4.78 is 7.56. The van der Waals surface area contributed by atoms with Gasteiger partial charge in [0.1, 0.15) is 0 Å². The first-order valence-electron chi connectivity index (χ1n) is 7.12. The first kappa shape index (κ1) is 13.6. The minimum absolute atomic E-state index is 0.653. The molecule has 0 spiro atoms. The zero-order valence-corrected chi connectivity index (χ0v) is 12.0. The third-order valence-electron chi connectivity index (χ3n) is 3.14. The molecule has 5 nitrogen and oxygen atoms in total. The summed E-state index contributed by atoms with van der Waals surface area (Å²) in [6.45, 7) is 3.75. The lowest BCUT2D eigenvalue weighted by Gasteiger charge is -1.98. The lowest BCUT2D eigenvalue weighted by Crippen LogP contribution is -2.13. The predicted molar refractivity (Wildman–Crippen MR) is 81.1 cm³/mol. The van der Waals surface area contributed by atoms with E-state index in [1.54, 1.807) is 12.4 Å². The van der Waals surface area contributed by atoms with Gasteiger partial charge in [-0.05, 0) is 25.1 Å². The Hall–Kier alpha value is -2.40. The van der Waals surface area contributed by atoms with Gasteiger partial charge in [-0.25, -0.2) is 9.67 Å². The van der Waals surface area contributed by atoms with Crippen LogP contribution >= 0.6 is 0 Å². The van der Waals surface area contributed by atoms with E-state index in [4.69, 9.17) is 4.42 Å². The molecule has 0 saturated carbocycles. The van der Waals surface area contributed by atoms with Crippen LogP contribution in [0, 0.1) is 0 Å². The monoisotopic (exact) mass is 282 g/mol. The largest absolute Gasteiger partial charge is 0.439 e. The topological polar surface area (TPSA) is 55.9 Å². The lowest BCUT2D eigenvalue weighted by molar-refractivity contribution is 0.478. The van der Waals surface area contributed by atoms with E-state index in [2.05, 4.69) is 22.3 Å². The average Bonchev–Trinajstić information content (AvgIpc) is 3.17. The molecule has 1 N–H and O–H groups in total. The van der Waals surface area contributed by atoms with Crippen molar-refractivity contribution in [2.24, 2.45) is 0 Å². The molecule has 5 heteroatoms. The molecular weight excluding hydrogens is 264 g/mol. The Morgan fingerprint density at radius 3 is 2.86 bits per heavy atom. The van der Waals surface area contributed by atoms with Crippen molar-refractivity contribution in [1.29, 1.82) is 0 Å². The summed E-state index contributed by atoms with van der Waals surface area (Å²) in [6.07, 6.45) is 6.57. The maximum Gasteiger partial charge on any atom is 0.208 e. The van der Waals surface area contributed by atoms with Gasteiger partial charge in [0.05, 0.1) is 30.2 Å². The summed E-state index contributed by atoms with van der Waals surface area (Å²) in [4.78, 5) is 4.28. The fraction of sp³-hybridized carbons (Fsp3) is 0.250. The van der Waals surface area contributed by atoms with Crippen LogP contribution in [0.4, 0.5) is 0 Å². The van der Waals surface area contributed by atoms with E-state index in [0.717, 1.165) is 30.0 Å². The molecule has 3 aromatic rings. The quantitative estimate of drug-likeness (QED) is 0.706. The standard InChI is InChI=1S/C16H18N4O/c1-2-8-17-11-16-18-10-15(21-16)13-9-19-20(12-13)14-6-4-3-5-7-14/h3-7,9-10,12,17H,2,8,11H2,1H3. The molecular formula is C16H18N4O. The van der Waals surface area contributed by atoms with Crippen molar-refractivity contribution in [2.75, 3.05) is 6.54 Å². The fourth-order valence-corrected chi connectivity index (χ4v) is 2.07. The smallest absolute Gasteiger partial charge is 0.208 e. The van der Waals surface area contributed by atoms with Gasteiger partial charge in [0.15, 0.2) is 5.76 Å². The zero-order chi connectivity index (χ0) is 14.5. The Kier molecular flexibility index (Phi) is 4.12. The Morgan fingerprint density at radius 1 is 1.19 bits per heavy atom. The van der Waals surface area contributed by atoms with Gasteiger partial charge >= 0.3 is 0 Å². The normalized spacial score (nSPS) is 10.9. The second kappa shape index (κ2) is 6.37. The van der Waals surface area contributed by atoms with Gasteiger partial charge in [0.2, 0.25) is 5.89 Å². The van der Waals surface area contributed by atoms with Gasteiger partial charge in [0, 0.05) is 6.20 Å². The van der Waals surface area contributed by atoms with Gasteiger partial charge in [0.25, 0.3) is 0 Å². The van der Waals surface area contributed by atoms with Crippen molar-refractivity contribution >= 4 is 0 Å².